The van der Waals surface area contributed by atoms with Crippen LogP contribution in [0.4, 0.5) is 5.82 Å². The molecular weight excluding hydrogens is 254 g/mol. The molecule has 110 valence electrons. The molecule has 1 aromatic rings. The van der Waals surface area contributed by atoms with Crippen LogP contribution in [0.15, 0.2) is 12.4 Å². The van der Waals surface area contributed by atoms with Gasteiger partial charge in [0.15, 0.2) is 0 Å². The predicted octanol–water partition coefficient (Wildman–Crippen LogP) is 1.07. The SMILES string of the molecule is CCC(C)N1CCN(C(=O)c2cnc(NC)cn2)CC1. The quantitative estimate of drug-likeness (QED) is 0.892. The maximum atomic E-state index is 12.3. The number of carbonyl (C=O) groups excluding carboxylic acids is 1. The lowest BCUT2D eigenvalue weighted by Gasteiger charge is -2.37. The summed E-state index contributed by atoms with van der Waals surface area (Å²) in [6, 6.07) is 0.585. The Kier molecular flexibility index (Phi) is 4.89. The van der Waals surface area contributed by atoms with Crippen molar-refractivity contribution in [2.45, 2.75) is 26.3 Å². The molecule has 1 saturated heterocycles. The van der Waals surface area contributed by atoms with Crippen molar-refractivity contribution < 1.29 is 4.79 Å². The third-order valence-corrected chi connectivity index (χ3v) is 3.94. The van der Waals surface area contributed by atoms with Crippen LogP contribution in [0.25, 0.3) is 0 Å². The lowest BCUT2D eigenvalue weighted by Crippen LogP contribution is -2.51. The molecule has 6 heteroatoms. The van der Waals surface area contributed by atoms with E-state index < -0.39 is 0 Å². The van der Waals surface area contributed by atoms with E-state index in [1.807, 2.05) is 4.90 Å². The van der Waals surface area contributed by atoms with E-state index in [4.69, 9.17) is 0 Å². The zero-order valence-electron chi connectivity index (χ0n) is 12.5. The summed E-state index contributed by atoms with van der Waals surface area (Å²) in [5.74, 6) is 0.645. The van der Waals surface area contributed by atoms with Crippen molar-refractivity contribution >= 4 is 11.7 Å². The summed E-state index contributed by atoms with van der Waals surface area (Å²) in [6.45, 7) is 7.82. The van der Waals surface area contributed by atoms with Crippen LogP contribution in [0.1, 0.15) is 30.8 Å². The molecule has 1 amide bonds. The van der Waals surface area contributed by atoms with Crippen LogP contribution in [0.2, 0.25) is 0 Å². The molecule has 0 spiro atoms. The maximum absolute atomic E-state index is 12.3. The van der Waals surface area contributed by atoms with E-state index in [1.54, 1.807) is 13.2 Å². The molecular formula is C14H23N5O. The van der Waals surface area contributed by atoms with Gasteiger partial charge in [-0.15, -0.1) is 0 Å². The van der Waals surface area contributed by atoms with Crippen molar-refractivity contribution in [1.82, 2.24) is 19.8 Å². The van der Waals surface area contributed by atoms with Crippen molar-refractivity contribution in [3.63, 3.8) is 0 Å². The molecule has 1 atom stereocenters. The molecule has 2 rings (SSSR count). The highest BCUT2D eigenvalue weighted by molar-refractivity contribution is 5.92. The molecule has 0 bridgehead atoms. The first-order chi connectivity index (χ1) is 9.65. The molecule has 2 heterocycles. The van der Waals surface area contributed by atoms with Gasteiger partial charge in [0, 0.05) is 39.3 Å². The van der Waals surface area contributed by atoms with E-state index >= 15 is 0 Å². The fourth-order valence-electron chi connectivity index (χ4n) is 2.35. The highest BCUT2D eigenvalue weighted by atomic mass is 16.2. The molecule has 20 heavy (non-hydrogen) atoms. The lowest BCUT2D eigenvalue weighted by molar-refractivity contribution is 0.0574. The van der Waals surface area contributed by atoms with E-state index in [2.05, 4.69) is 34.0 Å². The van der Waals surface area contributed by atoms with Gasteiger partial charge in [0.05, 0.1) is 12.4 Å². The van der Waals surface area contributed by atoms with E-state index in [9.17, 15) is 4.79 Å². The van der Waals surface area contributed by atoms with Gasteiger partial charge < -0.3 is 10.2 Å². The van der Waals surface area contributed by atoms with Crippen molar-refractivity contribution in [2.75, 3.05) is 38.5 Å². The van der Waals surface area contributed by atoms with Gasteiger partial charge in [0.2, 0.25) is 0 Å². The Hall–Kier alpha value is -1.69. The molecule has 0 aromatic carbocycles. The molecule has 1 aromatic heterocycles. The van der Waals surface area contributed by atoms with Crippen molar-refractivity contribution in [2.24, 2.45) is 0 Å². The Morgan fingerprint density at radius 1 is 1.30 bits per heavy atom. The second-order valence-corrected chi connectivity index (χ2v) is 5.12. The van der Waals surface area contributed by atoms with Crippen LogP contribution >= 0.6 is 0 Å². The summed E-state index contributed by atoms with van der Waals surface area (Å²) in [6.07, 6.45) is 4.27. The number of amides is 1. The lowest BCUT2D eigenvalue weighted by atomic mass is 10.2. The van der Waals surface area contributed by atoms with Crippen molar-refractivity contribution in [3.05, 3.63) is 18.1 Å². The van der Waals surface area contributed by atoms with Crippen LogP contribution in [-0.2, 0) is 0 Å². The van der Waals surface area contributed by atoms with Crippen molar-refractivity contribution in [3.8, 4) is 0 Å². The average molecular weight is 277 g/mol. The van der Waals surface area contributed by atoms with Gasteiger partial charge in [0.1, 0.15) is 11.5 Å². The van der Waals surface area contributed by atoms with E-state index in [-0.39, 0.29) is 5.91 Å². The van der Waals surface area contributed by atoms with Gasteiger partial charge in [-0.25, -0.2) is 9.97 Å². The number of rotatable bonds is 4. The minimum absolute atomic E-state index is 0.0241. The average Bonchev–Trinajstić information content (AvgIpc) is 2.53. The first-order valence-electron chi connectivity index (χ1n) is 7.18. The third-order valence-electron chi connectivity index (χ3n) is 3.94. The first-order valence-corrected chi connectivity index (χ1v) is 7.18. The fraction of sp³-hybridized carbons (Fsp3) is 0.643. The zero-order valence-corrected chi connectivity index (χ0v) is 12.5. The number of nitrogens with zero attached hydrogens (tertiary/aromatic N) is 4. The minimum Gasteiger partial charge on any atom is -0.372 e. The monoisotopic (exact) mass is 277 g/mol. The second kappa shape index (κ2) is 6.65. The Morgan fingerprint density at radius 3 is 2.50 bits per heavy atom. The van der Waals surface area contributed by atoms with E-state index in [0.29, 0.717) is 17.6 Å². The molecule has 1 aliphatic rings. The summed E-state index contributed by atoms with van der Waals surface area (Å²) in [4.78, 5) is 24.9. The van der Waals surface area contributed by atoms with Crippen LogP contribution < -0.4 is 5.32 Å². The number of carbonyl (C=O) groups is 1. The summed E-state index contributed by atoms with van der Waals surface area (Å²) in [5, 5.41) is 2.89. The number of nitrogens with one attached hydrogen (secondary N) is 1. The van der Waals surface area contributed by atoms with Gasteiger partial charge in [-0.1, -0.05) is 6.92 Å². The molecule has 0 saturated carbocycles. The molecule has 1 fully saturated rings. The van der Waals surface area contributed by atoms with Gasteiger partial charge in [0.25, 0.3) is 5.91 Å². The van der Waals surface area contributed by atoms with E-state index in [0.717, 1.165) is 32.6 Å². The largest absolute Gasteiger partial charge is 0.372 e. The summed E-state index contributed by atoms with van der Waals surface area (Å²) < 4.78 is 0. The molecule has 0 radical (unpaired) electrons. The fourth-order valence-corrected chi connectivity index (χ4v) is 2.35. The highest BCUT2D eigenvalue weighted by Crippen LogP contribution is 2.11. The second-order valence-electron chi connectivity index (χ2n) is 5.12. The Labute approximate surface area is 120 Å². The standard InChI is InChI=1S/C14H23N5O/c1-4-11(2)18-5-7-19(8-6-18)14(20)12-9-17-13(15-3)10-16-12/h9-11H,4-8H2,1-3H3,(H,15,17). The minimum atomic E-state index is -0.0241. The number of anilines is 1. The van der Waals surface area contributed by atoms with Gasteiger partial charge in [-0.2, -0.15) is 0 Å². The maximum Gasteiger partial charge on any atom is 0.274 e. The Morgan fingerprint density at radius 2 is 2.00 bits per heavy atom. The first kappa shape index (κ1) is 14.7. The molecule has 0 aliphatic carbocycles. The highest BCUT2D eigenvalue weighted by Gasteiger charge is 2.24. The number of hydrogen-bond donors (Lipinski definition) is 1. The van der Waals surface area contributed by atoms with Crippen molar-refractivity contribution in [1.29, 1.82) is 0 Å². The normalized spacial score (nSPS) is 17.9. The van der Waals surface area contributed by atoms with Crippen LogP contribution in [0.3, 0.4) is 0 Å². The van der Waals surface area contributed by atoms with Crippen LogP contribution in [0.5, 0.6) is 0 Å². The summed E-state index contributed by atoms with van der Waals surface area (Å²) in [7, 11) is 1.78. The Bertz CT molecular complexity index is 439. The molecule has 1 N–H and O–H groups in total. The smallest absolute Gasteiger partial charge is 0.274 e. The van der Waals surface area contributed by atoms with E-state index in [1.165, 1.54) is 6.20 Å². The molecule has 1 unspecified atom stereocenters. The Balaban J connectivity index is 1.94. The van der Waals surface area contributed by atoms with Crippen LogP contribution in [0, 0.1) is 0 Å². The third kappa shape index (κ3) is 3.25. The summed E-state index contributed by atoms with van der Waals surface area (Å²) in [5.41, 5.74) is 0.418. The topological polar surface area (TPSA) is 61.4 Å². The number of hydrogen-bond acceptors (Lipinski definition) is 5. The predicted molar refractivity (Wildman–Crippen MR) is 78.8 cm³/mol. The van der Waals surface area contributed by atoms with Crippen LogP contribution in [-0.4, -0.2) is 64.9 Å². The van der Waals surface area contributed by atoms with Gasteiger partial charge in [-0.3, -0.25) is 9.69 Å². The number of aromatic nitrogens is 2. The summed E-state index contributed by atoms with van der Waals surface area (Å²) >= 11 is 0. The molecule has 6 nitrogen and oxygen atoms in total. The zero-order chi connectivity index (χ0) is 14.5. The van der Waals surface area contributed by atoms with Gasteiger partial charge in [-0.05, 0) is 13.3 Å². The number of piperazine rings is 1. The van der Waals surface area contributed by atoms with Gasteiger partial charge >= 0.3 is 0 Å². The molecule has 1 aliphatic heterocycles.